The Kier molecular flexibility index (Phi) is 6.12. The number of carboxylic acids is 1. The van der Waals surface area contributed by atoms with E-state index >= 15 is 0 Å². The Balaban J connectivity index is 1.33. The molecule has 1 atom stereocenters. The predicted molar refractivity (Wildman–Crippen MR) is 118 cm³/mol. The SMILES string of the molecule is C[C@@H](C(=O)O)N(C)C(=O)c1cc(CNC(=O)OCC2c3ccccc3-c3ccccc32)on1. The van der Waals surface area contributed by atoms with E-state index < -0.39 is 24.0 Å². The van der Waals surface area contributed by atoms with Gasteiger partial charge >= 0.3 is 12.1 Å². The molecule has 1 aliphatic carbocycles. The first-order valence-electron chi connectivity index (χ1n) is 10.4. The number of rotatable bonds is 7. The third kappa shape index (κ3) is 4.43. The van der Waals surface area contributed by atoms with E-state index in [0.717, 1.165) is 27.2 Å². The molecule has 3 aromatic rings. The number of aromatic nitrogens is 1. The minimum Gasteiger partial charge on any atom is -0.480 e. The Hall–Kier alpha value is -4.14. The molecule has 0 bridgehead atoms. The number of carboxylic acid groups (broad SMARTS) is 1. The Bertz CT molecular complexity index is 1160. The lowest BCUT2D eigenvalue weighted by atomic mass is 9.98. The fourth-order valence-electron chi connectivity index (χ4n) is 3.83. The van der Waals surface area contributed by atoms with Gasteiger partial charge in [0.2, 0.25) is 0 Å². The first-order chi connectivity index (χ1) is 15.9. The molecule has 33 heavy (non-hydrogen) atoms. The smallest absolute Gasteiger partial charge is 0.407 e. The van der Waals surface area contributed by atoms with E-state index in [1.807, 2.05) is 36.4 Å². The lowest BCUT2D eigenvalue weighted by molar-refractivity contribution is -0.141. The molecule has 2 aromatic carbocycles. The van der Waals surface area contributed by atoms with Crippen molar-refractivity contribution in [3.63, 3.8) is 0 Å². The van der Waals surface area contributed by atoms with Crippen LogP contribution in [0.3, 0.4) is 0 Å². The molecule has 1 heterocycles. The van der Waals surface area contributed by atoms with Gasteiger partial charge in [0, 0.05) is 19.0 Å². The van der Waals surface area contributed by atoms with Gasteiger partial charge in [-0.05, 0) is 29.2 Å². The number of alkyl carbamates (subject to hydrolysis) is 1. The van der Waals surface area contributed by atoms with Crippen molar-refractivity contribution in [2.75, 3.05) is 13.7 Å². The highest BCUT2D eigenvalue weighted by Gasteiger charge is 2.29. The van der Waals surface area contributed by atoms with E-state index in [9.17, 15) is 14.4 Å². The molecule has 0 fully saturated rings. The van der Waals surface area contributed by atoms with E-state index in [-0.39, 0.29) is 30.5 Å². The van der Waals surface area contributed by atoms with E-state index in [2.05, 4.69) is 22.6 Å². The summed E-state index contributed by atoms with van der Waals surface area (Å²) in [6.07, 6.45) is -0.627. The molecule has 4 rings (SSSR count). The number of ether oxygens (including phenoxy) is 1. The minimum absolute atomic E-state index is 0.0326. The number of amides is 2. The topological polar surface area (TPSA) is 122 Å². The molecular formula is C24H23N3O6. The van der Waals surface area contributed by atoms with Crippen LogP contribution in [0.4, 0.5) is 4.79 Å². The van der Waals surface area contributed by atoms with Gasteiger partial charge < -0.3 is 24.6 Å². The number of carbonyl (C=O) groups excluding carboxylic acids is 2. The van der Waals surface area contributed by atoms with Gasteiger partial charge in [-0.3, -0.25) is 4.79 Å². The number of fused-ring (bicyclic) bond motifs is 3. The van der Waals surface area contributed by atoms with Crippen LogP contribution >= 0.6 is 0 Å². The van der Waals surface area contributed by atoms with E-state index in [0.29, 0.717) is 0 Å². The zero-order valence-corrected chi connectivity index (χ0v) is 18.1. The molecule has 1 aliphatic rings. The van der Waals surface area contributed by atoms with Crippen LogP contribution in [0.5, 0.6) is 0 Å². The number of likely N-dealkylation sites (N-methyl/N-ethyl adjacent to an activating group) is 1. The Morgan fingerprint density at radius 1 is 1.12 bits per heavy atom. The van der Waals surface area contributed by atoms with Crippen LogP contribution < -0.4 is 5.32 Å². The summed E-state index contributed by atoms with van der Waals surface area (Å²) in [5.74, 6) is -1.54. The number of hydrogen-bond donors (Lipinski definition) is 2. The number of nitrogens with one attached hydrogen (secondary N) is 1. The van der Waals surface area contributed by atoms with Crippen molar-refractivity contribution in [2.45, 2.75) is 25.4 Å². The van der Waals surface area contributed by atoms with Gasteiger partial charge in [-0.2, -0.15) is 0 Å². The molecule has 9 heteroatoms. The summed E-state index contributed by atoms with van der Waals surface area (Å²) >= 11 is 0. The van der Waals surface area contributed by atoms with E-state index in [1.165, 1.54) is 20.0 Å². The minimum atomic E-state index is -1.13. The largest absolute Gasteiger partial charge is 0.480 e. The molecule has 0 saturated heterocycles. The molecule has 0 unspecified atom stereocenters. The summed E-state index contributed by atoms with van der Waals surface area (Å²) < 4.78 is 10.5. The number of nitrogens with zero attached hydrogens (tertiary/aromatic N) is 2. The zero-order chi connectivity index (χ0) is 23.5. The highest BCUT2D eigenvalue weighted by molar-refractivity contribution is 5.94. The molecule has 170 valence electrons. The molecule has 0 spiro atoms. The lowest BCUT2D eigenvalue weighted by Crippen LogP contribution is -2.40. The zero-order valence-electron chi connectivity index (χ0n) is 18.1. The van der Waals surface area contributed by atoms with Crippen LogP contribution in [0.1, 0.15) is 40.2 Å². The van der Waals surface area contributed by atoms with Crippen LogP contribution in [0, 0.1) is 0 Å². The Labute approximate surface area is 189 Å². The second-order valence-corrected chi connectivity index (χ2v) is 7.79. The third-order valence-electron chi connectivity index (χ3n) is 5.79. The Morgan fingerprint density at radius 3 is 2.33 bits per heavy atom. The van der Waals surface area contributed by atoms with Crippen LogP contribution in [-0.4, -0.2) is 52.8 Å². The van der Waals surface area contributed by atoms with Crippen molar-refractivity contribution in [3.8, 4) is 11.1 Å². The summed E-state index contributed by atoms with van der Waals surface area (Å²) in [5, 5.41) is 15.3. The molecule has 9 nitrogen and oxygen atoms in total. The van der Waals surface area contributed by atoms with Gasteiger partial charge in [-0.1, -0.05) is 53.7 Å². The molecule has 1 aromatic heterocycles. The summed E-state index contributed by atoms with van der Waals surface area (Å²) in [5.41, 5.74) is 4.47. The maximum absolute atomic E-state index is 12.3. The monoisotopic (exact) mass is 449 g/mol. The van der Waals surface area contributed by atoms with Gasteiger partial charge in [0.15, 0.2) is 11.5 Å². The lowest BCUT2D eigenvalue weighted by Gasteiger charge is -2.19. The highest BCUT2D eigenvalue weighted by Crippen LogP contribution is 2.44. The molecule has 2 N–H and O–H groups in total. The first kappa shape index (κ1) is 22.1. The van der Waals surface area contributed by atoms with Gasteiger partial charge in [-0.15, -0.1) is 0 Å². The summed E-state index contributed by atoms with van der Waals surface area (Å²) in [6.45, 7) is 1.53. The second kappa shape index (κ2) is 9.15. The summed E-state index contributed by atoms with van der Waals surface area (Å²) in [4.78, 5) is 36.7. The van der Waals surface area contributed by atoms with Crippen LogP contribution in [0.15, 0.2) is 59.1 Å². The fraction of sp³-hybridized carbons (Fsp3) is 0.250. The van der Waals surface area contributed by atoms with E-state index in [4.69, 9.17) is 14.4 Å². The van der Waals surface area contributed by atoms with Crippen LogP contribution in [-0.2, 0) is 16.1 Å². The summed E-state index contributed by atoms with van der Waals surface area (Å²) in [6, 6.07) is 16.5. The number of aliphatic carboxylic acids is 1. The molecule has 0 radical (unpaired) electrons. The molecule has 0 saturated carbocycles. The van der Waals surface area contributed by atoms with Gasteiger partial charge in [-0.25, -0.2) is 9.59 Å². The molecular weight excluding hydrogens is 426 g/mol. The van der Waals surface area contributed by atoms with Crippen LogP contribution in [0.2, 0.25) is 0 Å². The predicted octanol–water partition coefficient (Wildman–Crippen LogP) is 3.26. The van der Waals surface area contributed by atoms with Crippen molar-refractivity contribution in [1.29, 1.82) is 0 Å². The van der Waals surface area contributed by atoms with Gasteiger partial charge in [0.1, 0.15) is 12.6 Å². The molecule has 0 aliphatic heterocycles. The van der Waals surface area contributed by atoms with Crippen molar-refractivity contribution < 1.29 is 28.8 Å². The van der Waals surface area contributed by atoms with Crippen molar-refractivity contribution in [3.05, 3.63) is 77.2 Å². The number of hydrogen-bond acceptors (Lipinski definition) is 6. The maximum atomic E-state index is 12.3. The highest BCUT2D eigenvalue weighted by atomic mass is 16.5. The number of carbonyl (C=O) groups is 3. The molecule has 2 amide bonds. The standard InChI is InChI=1S/C24H23N3O6/c1-14(23(29)30)27(2)22(28)21-11-15(33-26-21)12-25-24(31)32-13-20-18-9-5-3-7-16(18)17-8-4-6-10-19(17)20/h3-11,14,20H,12-13H2,1-2H3,(H,25,31)(H,29,30)/t14-/m0/s1. The van der Waals surface area contributed by atoms with E-state index in [1.54, 1.807) is 0 Å². The maximum Gasteiger partial charge on any atom is 0.407 e. The van der Waals surface area contributed by atoms with Gasteiger partial charge in [0.25, 0.3) is 5.91 Å². The fourth-order valence-corrected chi connectivity index (χ4v) is 3.83. The van der Waals surface area contributed by atoms with Crippen LogP contribution in [0.25, 0.3) is 11.1 Å². The number of benzene rings is 2. The van der Waals surface area contributed by atoms with Crippen molar-refractivity contribution in [2.24, 2.45) is 0 Å². The quantitative estimate of drug-likeness (QED) is 0.568. The average Bonchev–Trinajstić information content (AvgIpc) is 3.43. The van der Waals surface area contributed by atoms with Crippen molar-refractivity contribution >= 4 is 18.0 Å². The Morgan fingerprint density at radius 2 is 1.73 bits per heavy atom. The average molecular weight is 449 g/mol. The second-order valence-electron chi connectivity index (χ2n) is 7.79. The third-order valence-corrected chi connectivity index (χ3v) is 5.79. The normalized spacial score (nSPS) is 13.0. The summed E-state index contributed by atoms with van der Waals surface area (Å²) in [7, 11) is 1.37. The van der Waals surface area contributed by atoms with Gasteiger partial charge in [0.05, 0.1) is 6.54 Å². The van der Waals surface area contributed by atoms with Crippen molar-refractivity contribution in [1.82, 2.24) is 15.4 Å². The first-order valence-corrected chi connectivity index (χ1v) is 10.4.